The summed E-state index contributed by atoms with van der Waals surface area (Å²) in [6.07, 6.45) is 4.15. The summed E-state index contributed by atoms with van der Waals surface area (Å²) in [4.78, 5) is 14.1. The summed E-state index contributed by atoms with van der Waals surface area (Å²) in [5.41, 5.74) is 5.11. The number of aryl methyl sites for hydroxylation is 1. The molecule has 2 N–H and O–H groups in total. The summed E-state index contributed by atoms with van der Waals surface area (Å²) in [7, 11) is 0. The minimum atomic E-state index is -0.200. The lowest BCUT2D eigenvalue weighted by molar-refractivity contribution is 0.633. The quantitative estimate of drug-likeness (QED) is 0.642. The van der Waals surface area contributed by atoms with Gasteiger partial charge in [0.2, 0.25) is 0 Å². The van der Waals surface area contributed by atoms with E-state index >= 15 is 0 Å². The third-order valence-corrected chi connectivity index (χ3v) is 1.36. The van der Waals surface area contributed by atoms with Crippen LogP contribution in [0.15, 0.2) is 23.4 Å². The monoisotopic (exact) mass is 153 g/mol. The SMILES string of the molecule is NCCCn1ccc(=O)nc1. The van der Waals surface area contributed by atoms with Crippen molar-refractivity contribution in [1.82, 2.24) is 9.55 Å². The van der Waals surface area contributed by atoms with Crippen LogP contribution in [-0.4, -0.2) is 16.1 Å². The van der Waals surface area contributed by atoms with Crippen molar-refractivity contribution in [2.75, 3.05) is 6.54 Å². The fraction of sp³-hybridized carbons (Fsp3) is 0.429. The highest BCUT2D eigenvalue weighted by Crippen LogP contribution is 1.84. The van der Waals surface area contributed by atoms with E-state index in [1.54, 1.807) is 6.20 Å². The zero-order valence-corrected chi connectivity index (χ0v) is 6.23. The zero-order valence-electron chi connectivity index (χ0n) is 6.23. The van der Waals surface area contributed by atoms with Crippen LogP contribution in [0.3, 0.4) is 0 Å². The molecule has 0 aliphatic rings. The van der Waals surface area contributed by atoms with E-state index in [0.717, 1.165) is 13.0 Å². The summed E-state index contributed by atoms with van der Waals surface area (Å²) in [6.45, 7) is 1.48. The van der Waals surface area contributed by atoms with Crippen LogP contribution in [0.2, 0.25) is 0 Å². The van der Waals surface area contributed by atoms with Crippen molar-refractivity contribution in [3.8, 4) is 0 Å². The van der Waals surface area contributed by atoms with E-state index < -0.39 is 0 Å². The average molecular weight is 153 g/mol. The van der Waals surface area contributed by atoms with Crippen molar-refractivity contribution >= 4 is 0 Å². The Kier molecular flexibility index (Phi) is 2.80. The topological polar surface area (TPSA) is 60.9 Å². The summed E-state index contributed by atoms with van der Waals surface area (Å²) in [6, 6.07) is 1.44. The summed E-state index contributed by atoms with van der Waals surface area (Å²) >= 11 is 0. The predicted molar refractivity (Wildman–Crippen MR) is 42.2 cm³/mol. The second-order valence-corrected chi connectivity index (χ2v) is 2.28. The highest BCUT2D eigenvalue weighted by Gasteiger charge is 1.87. The van der Waals surface area contributed by atoms with Gasteiger partial charge in [-0.3, -0.25) is 4.79 Å². The van der Waals surface area contributed by atoms with Gasteiger partial charge < -0.3 is 10.3 Å². The smallest absolute Gasteiger partial charge is 0.272 e. The Morgan fingerprint density at radius 1 is 1.64 bits per heavy atom. The van der Waals surface area contributed by atoms with Crippen molar-refractivity contribution in [2.45, 2.75) is 13.0 Å². The Morgan fingerprint density at radius 3 is 3.00 bits per heavy atom. The first-order valence-electron chi connectivity index (χ1n) is 3.55. The first-order chi connectivity index (χ1) is 5.33. The first kappa shape index (κ1) is 7.94. The van der Waals surface area contributed by atoms with Crippen LogP contribution in [0.1, 0.15) is 6.42 Å². The predicted octanol–water partition coefficient (Wildman–Crippen LogP) is -0.408. The number of hydrogen-bond acceptors (Lipinski definition) is 3. The molecule has 0 aliphatic carbocycles. The molecule has 1 heterocycles. The van der Waals surface area contributed by atoms with E-state index in [1.165, 1.54) is 12.4 Å². The third-order valence-electron chi connectivity index (χ3n) is 1.36. The van der Waals surface area contributed by atoms with Crippen LogP contribution in [0, 0.1) is 0 Å². The normalized spacial score (nSPS) is 9.91. The van der Waals surface area contributed by atoms with Gasteiger partial charge in [-0.2, -0.15) is 4.98 Å². The molecule has 0 saturated heterocycles. The Labute approximate surface area is 64.7 Å². The van der Waals surface area contributed by atoms with E-state index in [1.807, 2.05) is 4.57 Å². The molecule has 11 heavy (non-hydrogen) atoms. The maximum Gasteiger partial charge on any atom is 0.272 e. The Morgan fingerprint density at radius 2 is 2.45 bits per heavy atom. The van der Waals surface area contributed by atoms with Gasteiger partial charge in [-0.15, -0.1) is 0 Å². The Hall–Kier alpha value is -1.16. The van der Waals surface area contributed by atoms with Crippen LogP contribution >= 0.6 is 0 Å². The molecule has 0 aliphatic heterocycles. The molecule has 1 aromatic rings. The van der Waals surface area contributed by atoms with Gasteiger partial charge in [0.1, 0.15) is 0 Å². The maximum absolute atomic E-state index is 10.5. The lowest BCUT2D eigenvalue weighted by atomic mass is 10.4. The molecular weight excluding hydrogens is 142 g/mol. The fourth-order valence-electron chi connectivity index (χ4n) is 0.778. The highest BCUT2D eigenvalue weighted by atomic mass is 16.1. The Bertz CT molecular complexity index is 248. The molecule has 0 spiro atoms. The number of rotatable bonds is 3. The molecule has 0 atom stereocenters. The molecule has 60 valence electrons. The third kappa shape index (κ3) is 2.51. The van der Waals surface area contributed by atoms with Crippen LogP contribution in [-0.2, 0) is 6.54 Å². The highest BCUT2D eigenvalue weighted by molar-refractivity contribution is 4.81. The second-order valence-electron chi connectivity index (χ2n) is 2.28. The average Bonchev–Trinajstić information content (AvgIpc) is 2.04. The van der Waals surface area contributed by atoms with Crippen LogP contribution in [0.4, 0.5) is 0 Å². The van der Waals surface area contributed by atoms with Gasteiger partial charge in [-0.05, 0) is 13.0 Å². The minimum absolute atomic E-state index is 0.200. The molecule has 0 aromatic carbocycles. The fourth-order valence-corrected chi connectivity index (χ4v) is 0.778. The molecular formula is C7H11N3O. The zero-order chi connectivity index (χ0) is 8.10. The summed E-state index contributed by atoms with van der Waals surface area (Å²) in [5.74, 6) is 0. The van der Waals surface area contributed by atoms with Crippen molar-refractivity contribution in [3.05, 3.63) is 28.9 Å². The summed E-state index contributed by atoms with van der Waals surface area (Å²) < 4.78 is 1.84. The molecule has 0 saturated carbocycles. The van der Waals surface area contributed by atoms with Gasteiger partial charge in [-0.1, -0.05) is 0 Å². The van der Waals surface area contributed by atoms with Crippen LogP contribution in [0.25, 0.3) is 0 Å². The van der Waals surface area contributed by atoms with E-state index in [2.05, 4.69) is 4.98 Å². The molecule has 0 unspecified atom stereocenters. The van der Waals surface area contributed by atoms with Crippen molar-refractivity contribution in [1.29, 1.82) is 0 Å². The largest absolute Gasteiger partial charge is 0.339 e. The molecule has 0 fully saturated rings. The Balaban J connectivity index is 2.59. The molecule has 4 heteroatoms. The number of aromatic nitrogens is 2. The van der Waals surface area contributed by atoms with Gasteiger partial charge in [0.05, 0.1) is 6.33 Å². The van der Waals surface area contributed by atoms with Gasteiger partial charge in [-0.25, -0.2) is 0 Å². The van der Waals surface area contributed by atoms with Crippen molar-refractivity contribution < 1.29 is 0 Å². The van der Waals surface area contributed by atoms with E-state index in [-0.39, 0.29) is 5.56 Å². The van der Waals surface area contributed by atoms with E-state index in [4.69, 9.17) is 5.73 Å². The molecule has 0 radical (unpaired) electrons. The number of hydrogen-bond donors (Lipinski definition) is 1. The van der Waals surface area contributed by atoms with Gasteiger partial charge in [0.15, 0.2) is 0 Å². The van der Waals surface area contributed by atoms with Gasteiger partial charge in [0, 0.05) is 18.8 Å². The van der Waals surface area contributed by atoms with E-state index in [9.17, 15) is 4.79 Å². The lowest BCUT2D eigenvalue weighted by Crippen LogP contribution is -2.10. The molecule has 4 nitrogen and oxygen atoms in total. The summed E-state index contributed by atoms with van der Waals surface area (Å²) in [5, 5.41) is 0. The standard InChI is InChI=1S/C7H11N3O/c8-3-1-4-10-5-2-7(11)9-6-10/h2,5-6H,1,3-4,8H2. The minimum Gasteiger partial charge on any atom is -0.339 e. The number of nitrogens with two attached hydrogens (primary N) is 1. The first-order valence-corrected chi connectivity index (χ1v) is 3.55. The van der Waals surface area contributed by atoms with Crippen LogP contribution < -0.4 is 11.3 Å². The van der Waals surface area contributed by atoms with Crippen molar-refractivity contribution in [2.24, 2.45) is 5.73 Å². The van der Waals surface area contributed by atoms with Gasteiger partial charge >= 0.3 is 0 Å². The molecule has 0 amide bonds. The van der Waals surface area contributed by atoms with E-state index in [0.29, 0.717) is 6.54 Å². The van der Waals surface area contributed by atoms with Gasteiger partial charge in [0.25, 0.3) is 5.56 Å². The second kappa shape index (κ2) is 3.88. The maximum atomic E-state index is 10.5. The molecule has 1 rings (SSSR count). The molecule has 0 bridgehead atoms. The molecule has 1 aromatic heterocycles. The number of nitrogens with zero attached hydrogens (tertiary/aromatic N) is 2. The lowest BCUT2D eigenvalue weighted by Gasteiger charge is -2.01. The van der Waals surface area contributed by atoms with Crippen molar-refractivity contribution in [3.63, 3.8) is 0 Å². The van der Waals surface area contributed by atoms with Crippen LogP contribution in [0.5, 0.6) is 0 Å².